The molecule has 5 nitrogen and oxygen atoms in total. The van der Waals surface area contributed by atoms with Crippen molar-refractivity contribution in [1.82, 2.24) is 10.0 Å². The minimum atomic E-state index is -3.52. The average molecular weight is 316 g/mol. The summed E-state index contributed by atoms with van der Waals surface area (Å²) in [6.07, 6.45) is 0.716. The van der Waals surface area contributed by atoms with Gasteiger partial charge in [-0.1, -0.05) is 19.1 Å². The molecule has 1 heterocycles. The van der Waals surface area contributed by atoms with Gasteiger partial charge in [0.25, 0.3) is 0 Å². The molecule has 1 aromatic carbocycles. The Kier molecular flexibility index (Phi) is 5.31. The van der Waals surface area contributed by atoms with Gasteiger partial charge in [-0.25, -0.2) is 13.1 Å². The molecule has 20 heavy (non-hydrogen) atoms. The Labute approximate surface area is 122 Å². The van der Waals surface area contributed by atoms with Gasteiger partial charge >= 0.3 is 0 Å². The number of rotatable bonds is 6. The van der Waals surface area contributed by atoms with Crippen LogP contribution in [-0.4, -0.2) is 37.2 Å². The van der Waals surface area contributed by atoms with Gasteiger partial charge in [0, 0.05) is 35.4 Å². The summed E-state index contributed by atoms with van der Waals surface area (Å²) in [5.74, 6) is 0.903. The van der Waals surface area contributed by atoms with E-state index in [9.17, 15) is 12.6 Å². The quantitative estimate of drug-likeness (QED) is 0.795. The van der Waals surface area contributed by atoms with Crippen molar-refractivity contribution in [2.45, 2.75) is 24.8 Å². The van der Waals surface area contributed by atoms with Crippen LogP contribution in [0.4, 0.5) is 0 Å². The third kappa shape index (κ3) is 3.66. The molecule has 0 saturated heterocycles. The summed E-state index contributed by atoms with van der Waals surface area (Å²) in [7, 11) is -4.47. The van der Waals surface area contributed by atoms with E-state index in [2.05, 4.69) is 10.0 Å². The van der Waals surface area contributed by atoms with Gasteiger partial charge in [-0.2, -0.15) is 0 Å². The predicted octanol–water partition coefficient (Wildman–Crippen LogP) is 0.379. The second-order valence-electron chi connectivity index (χ2n) is 4.65. The number of fused-ring (bicyclic) bond motifs is 1. The highest BCUT2D eigenvalue weighted by Crippen LogP contribution is 2.22. The Balaban J connectivity index is 2.15. The highest BCUT2D eigenvalue weighted by molar-refractivity contribution is 7.89. The van der Waals surface area contributed by atoms with Crippen molar-refractivity contribution >= 4 is 20.8 Å². The Morgan fingerprint density at radius 2 is 2.20 bits per heavy atom. The Morgan fingerprint density at radius 1 is 1.40 bits per heavy atom. The summed E-state index contributed by atoms with van der Waals surface area (Å²) >= 11 is 0. The number of sulfonamides is 1. The van der Waals surface area contributed by atoms with Crippen molar-refractivity contribution < 1.29 is 12.6 Å². The van der Waals surface area contributed by atoms with Crippen LogP contribution < -0.4 is 10.0 Å². The van der Waals surface area contributed by atoms with Crippen LogP contribution in [0.15, 0.2) is 23.1 Å². The van der Waals surface area contributed by atoms with Crippen molar-refractivity contribution in [2.24, 2.45) is 0 Å². The summed E-state index contributed by atoms with van der Waals surface area (Å²) < 4.78 is 38.6. The monoisotopic (exact) mass is 316 g/mol. The first-order valence-corrected chi connectivity index (χ1v) is 9.68. The third-order valence-electron chi connectivity index (χ3n) is 3.33. The lowest BCUT2D eigenvalue weighted by Crippen LogP contribution is -2.31. The average Bonchev–Trinajstić information content (AvgIpc) is 2.46. The lowest BCUT2D eigenvalue weighted by atomic mass is 10.0. The first-order valence-electron chi connectivity index (χ1n) is 6.70. The van der Waals surface area contributed by atoms with Gasteiger partial charge in [-0.05, 0) is 30.2 Å². The Morgan fingerprint density at radius 3 is 2.95 bits per heavy atom. The molecule has 1 aromatic rings. The fourth-order valence-electron chi connectivity index (χ4n) is 2.26. The number of benzene rings is 1. The summed E-state index contributed by atoms with van der Waals surface area (Å²) in [5.41, 5.74) is 1.94. The standard InChI is InChI=1S/C13H20N2O3S2/c1-2-19(16)9-8-15-20(17,18)13-5-3-4-11-10-14-7-6-12(11)13/h3-5,14-15H,2,6-10H2,1H3. The molecule has 1 unspecified atom stereocenters. The van der Waals surface area contributed by atoms with E-state index in [0.717, 1.165) is 17.7 Å². The van der Waals surface area contributed by atoms with Gasteiger partial charge in [0.1, 0.15) is 0 Å². The third-order valence-corrected chi connectivity index (χ3v) is 6.18. The van der Waals surface area contributed by atoms with Crippen LogP contribution in [0.2, 0.25) is 0 Å². The summed E-state index contributed by atoms with van der Waals surface area (Å²) in [5, 5.41) is 3.23. The van der Waals surface area contributed by atoms with Crippen molar-refractivity contribution in [1.29, 1.82) is 0 Å². The van der Waals surface area contributed by atoms with Crippen LogP contribution in [0.25, 0.3) is 0 Å². The maximum atomic E-state index is 12.3. The Bertz CT molecular complexity index is 600. The second kappa shape index (κ2) is 6.80. The summed E-state index contributed by atoms with van der Waals surface area (Å²) in [6.45, 7) is 3.54. The van der Waals surface area contributed by atoms with Crippen LogP contribution >= 0.6 is 0 Å². The normalized spacial score (nSPS) is 16.6. The summed E-state index contributed by atoms with van der Waals surface area (Å²) in [4.78, 5) is 0.360. The van der Waals surface area contributed by atoms with Crippen LogP contribution in [0, 0.1) is 0 Å². The molecule has 0 fully saturated rings. The molecule has 0 spiro atoms. The topological polar surface area (TPSA) is 75.3 Å². The molecule has 0 radical (unpaired) electrons. The van der Waals surface area contributed by atoms with Crippen LogP contribution in [-0.2, 0) is 33.8 Å². The largest absolute Gasteiger partial charge is 0.312 e. The van der Waals surface area contributed by atoms with E-state index in [4.69, 9.17) is 0 Å². The van der Waals surface area contributed by atoms with Gasteiger partial charge in [-0.15, -0.1) is 0 Å². The molecular weight excluding hydrogens is 296 g/mol. The van der Waals surface area contributed by atoms with Crippen molar-refractivity contribution in [3.8, 4) is 0 Å². The lowest BCUT2D eigenvalue weighted by molar-refractivity contribution is 0.578. The van der Waals surface area contributed by atoms with Crippen LogP contribution in [0.1, 0.15) is 18.1 Å². The number of hydrogen-bond donors (Lipinski definition) is 2. The van der Waals surface area contributed by atoms with E-state index in [0.29, 0.717) is 29.4 Å². The van der Waals surface area contributed by atoms with Crippen molar-refractivity contribution in [2.75, 3.05) is 24.6 Å². The fourth-order valence-corrected chi connectivity index (χ4v) is 4.35. The Hall–Kier alpha value is -0.760. The zero-order valence-electron chi connectivity index (χ0n) is 11.5. The molecule has 0 bridgehead atoms. The van der Waals surface area contributed by atoms with E-state index in [1.807, 2.05) is 13.0 Å². The van der Waals surface area contributed by atoms with E-state index < -0.39 is 20.8 Å². The molecule has 0 amide bonds. The zero-order chi connectivity index (χ0) is 14.6. The van der Waals surface area contributed by atoms with Crippen molar-refractivity contribution in [3.05, 3.63) is 29.3 Å². The van der Waals surface area contributed by atoms with E-state index in [-0.39, 0.29) is 6.54 Å². The highest BCUT2D eigenvalue weighted by atomic mass is 32.2. The van der Waals surface area contributed by atoms with E-state index >= 15 is 0 Å². The van der Waals surface area contributed by atoms with Crippen molar-refractivity contribution in [3.63, 3.8) is 0 Å². The van der Waals surface area contributed by atoms with E-state index in [1.54, 1.807) is 12.1 Å². The maximum Gasteiger partial charge on any atom is 0.240 e. The lowest BCUT2D eigenvalue weighted by Gasteiger charge is -2.20. The summed E-state index contributed by atoms with van der Waals surface area (Å²) in [6, 6.07) is 5.36. The molecule has 112 valence electrons. The van der Waals surface area contributed by atoms with Gasteiger partial charge in [0.2, 0.25) is 10.0 Å². The SMILES string of the molecule is CCS(=O)CCNS(=O)(=O)c1cccc2c1CCNC2. The molecule has 1 aliphatic heterocycles. The van der Waals surface area contributed by atoms with Gasteiger partial charge < -0.3 is 5.32 Å². The van der Waals surface area contributed by atoms with Gasteiger partial charge in [0.15, 0.2) is 0 Å². The maximum absolute atomic E-state index is 12.3. The smallest absolute Gasteiger partial charge is 0.240 e. The highest BCUT2D eigenvalue weighted by Gasteiger charge is 2.21. The fraction of sp³-hybridized carbons (Fsp3) is 0.538. The predicted molar refractivity (Wildman–Crippen MR) is 80.6 cm³/mol. The zero-order valence-corrected chi connectivity index (χ0v) is 13.1. The minimum Gasteiger partial charge on any atom is -0.312 e. The number of nitrogens with one attached hydrogen (secondary N) is 2. The molecule has 1 aliphatic rings. The molecular formula is C13H20N2O3S2. The van der Waals surface area contributed by atoms with Gasteiger partial charge in [0.05, 0.1) is 4.90 Å². The molecule has 2 rings (SSSR count). The number of hydrogen-bond acceptors (Lipinski definition) is 4. The molecule has 0 aliphatic carbocycles. The second-order valence-corrected chi connectivity index (χ2v) is 8.25. The van der Waals surface area contributed by atoms with Crippen LogP contribution in [0.5, 0.6) is 0 Å². The van der Waals surface area contributed by atoms with Gasteiger partial charge in [-0.3, -0.25) is 4.21 Å². The molecule has 0 saturated carbocycles. The minimum absolute atomic E-state index is 0.213. The van der Waals surface area contributed by atoms with E-state index in [1.165, 1.54) is 0 Å². The molecule has 1 atom stereocenters. The van der Waals surface area contributed by atoms with Crippen LogP contribution in [0.3, 0.4) is 0 Å². The first-order chi connectivity index (χ1) is 9.54. The molecule has 7 heteroatoms. The first kappa shape index (κ1) is 15.6. The molecule has 0 aromatic heterocycles. The molecule has 2 N–H and O–H groups in total.